The molecule has 108 valence electrons. The van der Waals surface area contributed by atoms with Crippen molar-refractivity contribution in [2.24, 2.45) is 5.73 Å². The highest BCUT2D eigenvalue weighted by atomic mass is 32.1. The molecule has 6 heteroatoms. The third kappa shape index (κ3) is 4.54. The summed E-state index contributed by atoms with van der Waals surface area (Å²) in [6.45, 7) is 0.163. The Balaban J connectivity index is 1.98. The molecule has 21 heavy (non-hydrogen) atoms. The largest absolute Gasteiger partial charge is 0.487 e. The number of nitrogens with two attached hydrogens (primary N) is 1. The van der Waals surface area contributed by atoms with Gasteiger partial charge in [0.1, 0.15) is 23.2 Å². The molecule has 1 amide bonds. The van der Waals surface area contributed by atoms with Crippen molar-refractivity contribution in [1.82, 2.24) is 0 Å². The molecule has 0 spiro atoms. The van der Waals surface area contributed by atoms with Crippen LogP contribution >= 0.6 is 12.2 Å². The molecule has 0 bridgehead atoms. The van der Waals surface area contributed by atoms with Crippen LogP contribution in [-0.4, -0.2) is 17.5 Å². The average Bonchev–Trinajstić information content (AvgIpc) is 2.47. The van der Waals surface area contributed by atoms with Crippen LogP contribution in [0.4, 0.5) is 10.1 Å². The second-order valence-electron chi connectivity index (χ2n) is 4.24. The molecule has 4 nitrogen and oxygen atoms in total. The predicted molar refractivity (Wildman–Crippen MR) is 83.1 cm³/mol. The van der Waals surface area contributed by atoms with Crippen LogP contribution in [0, 0.1) is 5.82 Å². The van der Waals surface area contributed by atoms with Gasteiger partial charge in [-0.2, -0.15) is 0 Å². The predicted octanol–water partition coefficient (Wildman–Crippen LogP) is 2.74. The van der Waals surface area contributed by atoms with E-state index >= 15 is 0 Å². The number of hydrogen-bond donors (Lipinski definition) is 2. The fraction of sp³-hybridized carbons (Fsp3) is 0.0667. The molecule has 0 fully saturated rings. The maximum Gasteiger partial charge on any atom is 0.255 e. The molecule has 0 unspecified atom stereocenters. The van der Waals surface area contributed by atoms with Gasteiger partial charge in [0.15, 0.2) is 0 Å². The molecule has 2 rings (SSSR count). The molecule has 0 aliphatic carbocycles. The van der Waals surface area contributed by atoms with Gasteiger partial charge in [-0.3, -0.25) is 4.79 Å². The summed E-state index contributed by atoms with van der Waals surface area (Å²) in [5, 5.41) is 2.70. The van der Waals surface area contributed by atoms with E-state index in [4.69, 9.17) is 22.7 Å². The summed E-state index contributed by atoms with van der Waals surface area (Å²) in [6, 6.07) is 12.1. The van der Waals surface area contributed by atoms with Crippen molar-refractivity contribution in [2.45, 2.75) is 0 Å². The van der Waals surface area contributed by atoms with Crippen molar-refractivity contribution in [1.29, 1.82) is 0 Å². The van der Waals surface area contributed by atoms with Gasteiger partial charge in [-0.1, -0.05) is 12.2 Å². The first-order chi connectivity index (χ1) is 10.0. The Kier molecular flexibility index (Phi) is 4.84. The minimum atomic E-state index is -0.383. The second kappa shape index (κ2) is 6.81. The Bertz CT molecular complexity index is 642. The van der Waals surface area contributed by atoms with Crippen molar-refractivity contribution in [3.05, 3.63) is 59.9 Å². The maximum absolute atomic E-state index is 12.8. The Labute approximate surface area is 126 Å². The molecule has 0 aliphatic rings. The zero-order valence-electron chi connectivity index (χ0n) is 11.0. The van der Waals surface area contributed by atoms with E-state index in [-0.39, 0.29) is 23.3 Å². The van der Waals surface area contributed by atoms with Crippen molar-refractivity contribution in [2.75, 3.05) is 11.9 Å². The molecule has 0 radical (unpaired) electrons. The van der Waals surface area contributed by atoms with E-state index in [9.17, 15) is 9.18 Å². The molecule has 2 aromatic rings. The first-order valence-corrected chi connectivity index (χ1v) is 6.53. The molecule has 0 aromatic heterocycles. The van der Waals surface area contributed by atoms with E-state index in [0.29, 0.717) is 17.0 Å². The van der Waals surface area contributed by atoms with Gasteiger partial charge < -0.3 is 15.8 Å². The maximum atomic E-state index is 12.8. The number of carbonyl (C=O) groups excluding carboxylic acids is 1. The minimum Gasteiger partial charge on any atom is -0.487 e. The molecule has 0 aliphatic heterocycles. The smallest absolute Gasteiger partial charge is 0.255 e. The molecule has 0 heterocycles. The lowest BCUT2D eigenvalue weighted by Crippen LogP contribution is -2.17. The molecule has 2 aromatic carbocycles. The topological polar surface area (TPSA) is 64.3 Å². The second-order valence-corrected chi connectivity index (χ2v) is 4.76. The lowest BCUT2D eigenvalue weighted by Gasteiger charge is -2.08. The number of ether oxygens (including phenoxy) is 1. The molecule has 0 saturated heterocycles. The van der Waals surface area contributed by atoms with Crippen LogP contribution in [0.2, 0.25) is 0 Å². The van der Waals surface area contributed by atoms with Gasteiger partial charge >= 0.3 is 0 Å². The highest BCUT2D eigenvalue weighted by Crippen LogP contribution is 2.16. The van der Waals surface area contributed by atoms with Crippen LogP contribution in [0.1, 0.15) is 10.4 Å². The Hall–Kier alpha value is -2.47. The van der Waals surface area contributed by atoms with Gasteiger partial charge in [-0.05, 0) is 48.5 Å². The summed E-state index contributed by atoms with van der Waals surface area (Å²) in [7, 11) is 0. The number of benzene rings is 2. The number of anilines is 1. The zero-order chi connectivity index (χ0) is 15.2. The van der Waals surface area contributed by atoms with E-state index in [2.05, 4.69) is 5.32 Å². The standard InChI is InChI=1S/C15H13FN2O2S/c16-11-3-1-10(2-4-11)15(19)18-12-5-7-13(8-6-12)20-9-14(17)21/h1-8H,9H2,(H2,17,21)(H,18,19). The Morgan fingerprint density at radius 1 is 1.14 bits per heavy atom. The lowest BCUT2D eigenvalue weighted by molar-refractivity contribution is 0.102. The SMILES string of the molecule is NC(=S)COc1ccc(NC(=O)c2ccc(F)cc2)cc1. The van der Waals surface area contributed by atoms with E-state index < -0.39 is 0 Å². The van der Waals surface area contributed by atoms with E-state index in [1.54, 1.807) is 24.3 Å². The van der Waals surface area contributed by atoms with Gasteiger partial charge in [0.25, 0.3) is 5.91 Å². The van der Waals surface area contributed by atoms with Crippen LogP contribution in [0.25, 0.3) is 0 Å². The van der Waals surface area contributed by atoms with E-state index in [1.807, 2.05) is 0 Å². The van der Waals surface area contributed by atoms with E-state index in [1.165, 1.54) is 24.3 Å². The fourth-order valence-electron chi connectivity index (χ4n) is 1.59. The molecular weight excluding hydrogens is 291 g/mol. The minimum absolute atomic E-state index is 0.163. The Morgan fingerprint density at radius 2 is 1.76 bits per heavy atom. The first kappa shape index (κ1) is 14.9. The highest BCUT2D eigenvalue weighted by molar-refractivity contribution is 7.80. The van der Waals surface area contributed by atoms with Crippen LogP contribution in [0.5, 0.6) is 5.75 Å². The number of nitrogens with one attached hydrogen (secondary N) is 1. The number of amides is 1. The van der Waals surface area contributed by atoms with Crippen molar-refractivity contribution >= 4 is 28.8 Å². The number of hydrogen-bond acceptors (Lipinski definition) is 3. The monoisotopic (exact) mass is 304 g/mol. The van der Waals surface area contributed by atoms with Crippen LogP contribution in [0.15, 0.2) is 48.5 Å². The summed E-state index contributed by atoms with van der Waals surface area (Å²) in [4.78, 5) is 12.2. The summed E-state index contributed by atoms with van der Waals surface area (Å²) in [6.07, 6.45) is 0. The van der Waals surface area contributed by atoms with Crippen LogP contribution < -0.4 is 15.8 Å². The van der Waals surface area contributed by atoms with Gasteiger partial charge in [0.2, 0.25) is 0 Å². The molecule has 3 N–H and O–H groups in total. The third-order valence-electron chi connectivity index (χ3n) is 2.60. The lowest BCUT2D eigenvalue weighted by atomic mass is 10.2. The number of thiocarbonyl (C=S) groups is 1. The van der Waals surface area contributed by atoms with E-state index in [0.717, 1.165) is 0 Å². The van der Waals surface area contributed by atoms with Gasteiger partial charge in [-0.25, -0.2) is 4.39 Å². The first-order valence-electron chi connectivity index (χ1n) is 6.12. The Morgan fingerprint density at radius 3 is 2.33 bits per heavy atom. The summed E-state index contributed by atoms with van der Waals surface area (Å²) < 4.78 is 18.1. The van der Waals surface area contributed by atoms with Crippen molar-refractivity contribution < 1.29 is 13.9 Å². The third-order valence-corrected chi connectivity index (χ3v) is 2.72. The fourth-order valence-corrected chi connectivity index (χ4v) is 1.65. The van der Waals surface area contributed by atoms with Crippen molar-refractivity contribution in [3.63, 3.8) is 0 Å². The summed E-state index contributed by atoms with van der Waals surface area (Å²) in [5.41, 5.74) is 6.32. The number of halogens is 1. The zero-order valence-corrected chi connectivity index (χ0v) is 11.8. The molecule has 0 atom stereocenters. The molecule has 0 saturated carbocycles. The van der Waals surface area contributed by atoms with Crippen molar-refractivity contribution in [3.8, 4) is 5.75 Å². The summed E-state index contributed by atoms with van der Waals surface area (Å²) in [5.74, 6) is -0.0970. The van der Waals surface area contributed by atoms with Gasteiger partial charge in [-0.15, -0.1) is 0 Å². The number of carbonyl (C=O) groups is 1. The quantitative estimate of drug-likeness (QED) is 0.834. The highest BCUT2D eigenvalue weighted by Gasteiger charge is 2.06. The molecular formula is C15H13FN2O2S. The van der Waals surface area contributed by atoms with Crippen LogP contribution in [-0.2, 0) is 0 Å². The summed E-state index contributed by atoms with van der Waals surface area (Å²) >= 11 is 4.71. The normalized spacial score (nSPS) is 9.95. The van der Waals surface area contributed by atoms with Gasteiger partial charge in [0.05, 0.1) is 0 Å². The van der Waals surface area contributed by atoms with Gasteiger partial charge in [0, 0.05) is 11.3 Å². The number of rotatable bonds is 5. The average molecular weight is 304 g/mol. The van der Waals surface area contributed by atoms with Crippen LogP contribution in [0.3, 0.4) is 0 Å².